The average Bonchev–Trinajstić information content (AvgIpc) is 2.14. The fourth-order valence-corrected chi connectivity index (χ4v) is 1.15. The molecule has 3 heteroatoms. The van der Waals surface area contributed by atoms with E-state index in [2.05, 4.69) is 0 Å². The molecule has 0 spiro atoms. The van der Waals surface area contributed by atoms with E-state index in [1.165, 1.54) is 0 Å². The summed E-state index contributed by atoms with van der Waals surface area (Å²) in [5, 5.41) is 0. The second-order valence-electron chi connectivity index (χ2n) is 3.85. The minimum Gasteiger partial charge on any atom is -0.371 e. The molecule has 0 aromatic heterocycles. The molecule has 0 saturated heterocycles. The van der Waals surface area contributed by atoms with Gasteiger partial charge in [0.2, 0.25) is 0 Å². The summed E-state index contributed by atoms with van der Waals surface area (Å²) in [5.41, 5.74) is 5.36. The van der Waals surface area contributed by atoms with Crippen molar-refractivity contribution >= 4 is 5.78 Å². The van der Waals surface area contributed by atoms with E-state index in [1.807, 2.05) is 13.8 Å². The Bertz CT molecular complexity index is 146. The molecular weight excluding hydrogens is 178 g/mol. The van der Waals surface area contributed by atoms with E-state index in [4.69, 9.17) is 10.5 Å². The van der Waals surface area contributed by atoms with Crippen LogP contribution in [0.2, 0.25) is 0 Å². The van der Waals surface area contributed by atoms with Gasteiger partial charge in [-0.2, -0.15) is 0 Å². The second kappa shape index (κ2) is 9.16. The van der Waals surface area contributed by atoms with Gasteiger partial charge in [-0.1, -0.05) is 12.8 Å². The lowest BCUT2D eigenvalue weighted by Crippen LogP contribution is -2.12. The van der Waals surface area contributed by atoms with Crippen LogP contribution in [0.1, 0.15) is 46.0 Å². The molecule has 0 amide bonds. The van der Waals surface area contributed by atoms with Crippen molar-refractivity contribution in [2.24, 2.45) is 5.73 Å². The van der Waals surface area contributed by atoms with Crippen molar-refractivity contribution in [1.29, 1.82) is 0 Å². The summed E-state index contributed by atoms with van der Waals surface area (Å²) < 4.78 is 5.21. The Kier molecular flexibility index (Phi) is 8.89. The van der Waals surface area contributed by atoms with Gasteiger partial charge in [0, 0.05) is 6.42 Å². The lowest BCUT2D eigenvalue weighted by atomic mass is 10.1. The smallest absolute Gasteiger partial charge is 0.158 e. The van der Waals surface area contributed by atoms with Crippen LogP contribution in [0.5, 0.6) is 0 Å². The zero-order chi connectivity index (χ0) is 10.8. The van der Waals surface area contributed by atoms with Gasteiger partial charge in [0.1, 0.15) is 6.61 Å². The molecule has 0 aliphatic heterocycles. The number of ketones is 1. The molecule has 84 valence electrons. The molecule has 0 saturated carbocycles. The molecule has 0 bridgehead atoms. The largest absolute Gasteiger partial charge is 0.371 e. The van der Waals surface area contributed by atoms with Gasteiger partial charge in [-0.15, -0.1) is 0 Å². The molecule has 0 fully saturated rings. The zero-order valence-corrected chi connectivity index (χ0v) is 9.42. The molecule has 0 atom stereocenters. The maximum absolute atomic E-state index is 11.2. The monoisotopic (exact) mass is 201 g/mol. The van der Waals surface area contributed by atoms with Crippen molar-refractivity contribution in [1.82, 2.24) is 0 Å². The second-order valence-corrected chi connectivity index (χ2v) is 3.85. The number of carbonyl (C=O) groups excluding carboxylic acids is 1. The van der Waals surface area contributed by atoms with Crippen LogP contribution < -0.4 is 5.73 Å². The van der Waals surface area contributed by atoms with E-state index >= 15 is 0 Å². The Morgan fingerprint density at radius 2 is 1.86 bits per heavy atom. The minimum absolute atomic E-state index is 0.149. The molecular formula is C11H23NO2. The molecule has 0 aromatic rings. The van der Waals surface area contributed by atoms with Crippen LogP contribution in [0, 0.1) is 0 Å². The molecule has 0 heterocycles. The van der Waals surface area contributed by atoms with Gasteiger partial charge in [-0.25, -0.2) is 0 Å². The number of ether oxygens (including phenoxy) is 1. The van der Waals surface area contributed by atoms with E-state index in [9.17, 15) is 4.79 Å². The van der Waals surface area contributed by atoms with Crippen molar-refractivity contribution in [3.63, 3.8) is 0 Å². The Hall–Kier alpha value is -0.410. The predicted molar refractivity (Wildman–Crippen MR) is 58.2 cm³/mol. The van der Waals surface area contributed by atoms with Crippen molar-refractivity contribution in [2.45, 2.75) is 52.1 Å². The Morgan fingerprint density at radius 3 is 2.43 bits per heavy atom. The summed E-state index contributed by atoms with van der Waals surface area (Å²) in [5.74, 6) is 0.214. The normalized spacial score (nSPS) is 10.9. The number of rotatable bonds is 9. The van der Waals surface area contributed by atoms with Gasteiger partial charge in [0.05, 0.1) is 6.10 Å². The Morgan fingerprint density at radius 1 is 1.21 bits per heavy atom. The molecule has 3 nitrogen and oxygen atoms in total. The highest BCUT2D eigenvalue weighted by atomic mass is 16.5. The van der Waals surface area contributed by atoms with Gasteiger partial charge in [-0.05, 0) is 33.2 Å². The highest BCUT2D eigenvalue weighted by Gasteiger charge is 2.02. The average molecular weight is 201 g/mol. The van der Waals surface area contributed by atoms with Crippen molar-refractivity contribution in [3.8, 4) is 0 Å². The van der Waals surface area contributed by atoms with E-state index in [1.54, 1.807) is 0 Å². The topological polar surface area (TPSA) is 52.3 Å². The summed E-state index contributed by atoms with van der Waals surface area (Å²) in [6.45, 7) is 4.90. The highest BCUT2D eigenvalue weighted by Crippen LogP contribution is 2.03. The van der Waals surface area contributed by atoms with Crippen LogP contribution in [-0.2, 0) is 9.53 Å². The fraction of sp³-hybridized carbons (Fsp3) is 0.909. The molecule has 2 N–H and O–H groups in total. The molecule has 0 radical (unpaired) electrons. The third-order valence-corrected chi connectivity index (χ3v) is 1.99. The quantitative estimate of drug-likeness (QED) is 0.580. The minimum atomic E-state index is 0.149. The maximum atomic E-state index is 11.2. The number of unbranched alkanes of at least 4 members (excludes halogenated alkanes) is 3. The molecule has 0 aromatic carbocycles. The van der Waals surface area contributed by atoms with Gasteiger partial charge in [-0.3, -0.25) is 4.79 Å². The number of hydrogen-bond acceptors (Lipinski definition) is 3. The summed E-state index contributed by atoms with van der Waals surface area (Å²) in [4.78, 5) is 11.2. The third kappa shape index (κ3) is 9.68. The number of Topliss-reactive ketones (excluding diaryl/α,β-unsaturated/α-hetero) is 1. The summed E-state index contributed by atoms with van der Waals surface area (Å²) >= 11 is 0. The van der Waals surface area contributed by atoms with Crippen LogP contribution in [0.4, 0.5) is 0 Å². The van der Waals surface area contributed by atoms with Gasteiger partial charge < -0.3 is 10.5 Å². The Balaban J connectivity index is 3.18. The Labute approximate surface area is 87.0 Å². The van der Waals surface area contributed by atoms with Crippen LogP contribution in [0.15, 0.2) is 0 Å². The molecule has 0 rings (SSSR count). The van der Waals surface area contributed by atoms with Crippen LogP contribution in [0.25, 0.3) is 0 Å². The zero-order valence-electron chi connectivity index (χ0n) is 9.42. The molecule has 14 heavy (non-hydrogen) atoms. The van der Waals surface area contributed by atoms with Crippen molar-refractivity contribution < 1.29 is 9.53 Å². The fourth-order valence-electron chi connectivity index (χ4n) is 1.15. The summed E-state index contributed by atoms with van der Waals surface area (Å²) in [6.07, 6.45) is 5.07. The first kappa shape index (κ1) is 13.6. The van der Waals surface area contributed by atoms with Gasteiger partial charge >= 0.3 is 0 Å². The number of hydrogen-bond donors (Lipinski definition) is 1. The SMILES string of the molecule is CC(C)OCC(=O)CCCCCCN. The van der Waals surface area contributed by atoms with Crippen molar-refractivity contribution in [3.05, 3.63) is 0 Å². The van der Waals surface area contributed by atoms with Crippen molar-refractivity contribution in [2.75, 3.05) is 13.2 Å². The molecule has 0 aliphatic carbocycles. The molecule has 0 aliphatic rings. The van der Waals surface area contributed by atoms with E-state index < -0.39 is 0 Å². The van der Waals surface area contributed by atoms with Crippen LogP contribution >= 0.6 is 0 Å². The van der Waals surface area contributed by atoms with E-state index in [0.29, 0.717) is 6.42 Å². The van der Waals surface area contributed by atoms with Crippen LogP contribution in [-0.4, -0.2) is 25.0 Å². The van der Waals surface area contributed by atoms with Crippen LogP contribution in [0.3, 0.4) is 0 Å². The standard InChI is InChI=1S/C11H23NO2/c1-10(2)14-9-11(13)7-5-3-4-6-8-12/h10H,3-9,12H2,1-2H3. The molecule has 0 unspecified atom stereocenters. The summed E-state index contributed by atoms with van der Waals surface area (Å²) in [7, 11) is 0. The van der Waals surface area contributed by atoms with Gasteiger partial charge in [0.25, 0.3) is 0 Å². The number of nitrogens with two attached hydrogens (primary N) is 1. The van der Waals surface area contributed by atoms with E-state index in [0.717, 1.165) is 32.2 Å². The first-order valence-electron chi connectivity index (χ1n) is 5.50. The maximum Gasteiger partial charge on any atom is 0.158 e. The summed E-state index contributed by atoms with van der Waals surface area (Å²) in [6, 6.07) is 0. The van der Waals surface area contributed by atoms with E-state index in [-0.39, 0.29) is 18.5 Å². The number of carbonyl (C=O) groups is 1. The lowest BCUT2D eigenvalue weighted by molar-refractivity contribution is -0.125. The van der Waals surface area contributed by atoms with Gasteiger partial charge in [0.15, 0.2) is 5.78 Å². The highest BCUT2D eigenvalue weighted by molar-refractivity contribution is 5.79. The first-order chi connectivity index (χ1) is 6.66. The third-order valence-electron chi connectivity index (χ3n) is 1.99. The predicted octanol–water partition coefficient (Wildman–Crippen LogP) is 1.89. The lowest BCUT2D eigenvalue weighted by Gasteiger charge is -2.06. The first-order valence-corrected chi connectivity index (χ1v) is 5.50.